The molecule has 0 N–H and O–H groups in total. The van der Waals surface area contributed by atoms with E-state index in [9.17, 15) is 0 Å². The average molecular weight is 405 g/mol. The van der Waals surface area contributed by atoms with Crippen molar-refractivity contribution in [2.75, 3.05) is 0 Å². The van der Waals surface area contributed by atoms with Gasteiger partial charge >= 0.3 is 0 Å². The first-order valence-electron chi connectivity index (χ1n) is 13.1. The lowest BCUT2D eigenvalue weighted by atomic mass is 9.77. The SMILES string of the molecule is CCCCCC1CCC(/C=C/C#Cc2ccc(C3CCC(CCC)CC3)cc2)CC1. The topological polar surface area (TPSA) is 0 Å². The van der Waals surface area contributed by atoms with Crippen LogP contribution in [-0.4, -0.2) is 0 Å². The lowest BCUT2D eigenvalue weighted by Gasteiger charge is -2.28. The molecule has 0 radical (unpaired) electrons. The first-order valence-corrected chi connectivity index (χ1v) is 13.1. The third-order valence-corrected chi connectivity index (χ3v) is 7.70. The summed E-state index contributed by atoms with van der Waals surface area (Å²) in [7, 11) is 0. The molecule has 0 nitrogen and oxygen atoms in total. The normalized spacial score (nSPS) is 27.0. The molecule has 0 atom stereocenters. The largest absolute Gasteiger partial charge is 0.0730 e. The van der Waals surface area contributed by atoms with Crippen molar-refractivity contribution in [3.63, 3.8) is 0 Å². The smallest absolute Gasteiger partial charge is 0.0249 e. The summed E-state index contributed by atoms with van der Waals surface area (Å²) in [5.41, 5.74) is 2.68. The third kappa shape index (κ3) is 7.65. The highest BCUT2D eigenvalue weighted by atomic mass is 14.3. The van der Waals surface area contributed by atoms with Crippen molar-refractivity contribution in [3.05, 3.63) is 47.5 Å². The van der Waals surface area contributed by atoms with Crippen molar-refractivity contribution in [3.8, 4) is 11.8 Å². The van der Waals surface area contributed by atoms with Crippen LogP contribution in [0.3, 0.4) is 0 Å². The van der Waals surface area contributed by atoms with Crippen LogP contribution in [0.1, 0.15) is 121 Å². The lowest BCUT2D eigenvalue weighted by Crippen LogP contribution is -2.13. The molecule has 2 aliphatic rings. The van der Waals surface area contributed by atoms with E-state index in [1.54, 1.807) is 0 Å². The molecule has 0 heterocycles. The second-order valence-electron chi connectivity index (χ2n) is 10.0. The van der Waals surface area contributed by atoms with Gasteiger partial charge in [0, 0.05) is 5.56 Å². The minimum Gasteiger partial charge on any atom is -0.0730 e. The standard InChI is InChI=1S/C30H44/c1-3-5-6-10-26-13-15-27(16-14-26)11-7-8-12-28-19-23-30(24-20-28)29-21-17-25(9-4-2)18-22-29/h7,11,19-20,23-27,29H,3-6,9-10,13-18,21-22H2,1-2H3/b11-7+. The van der Waals surface area contributed by atoms with Crippen molar-refractivity contribution in [1.82, 2.24) is 0 Å². The number of hydrogen-bond donors (Lipinski definition) is 0. The molecule has 3 rings (SSSR count). The van der Waals surface area contributed by atoms with Crippen LogP contribution in [0.15, 0.2) is 36.4 Å². The maximum absolute atomic E-state index is 3.34. The van der Waals surface area contributed by atoms with Crippen LogP contribution < -0.4 is 0 Å². The van der Waals surface area contributed by atoms with E-state index < -0.39 is 0 Å². The molecular weight excluding hydrogens is 360 g/mol. The van der Waals surface area contributed by atoms with Gasteiger partial charge in [-0.1, -0.05) is 82.4 Å². The number of hydrogen-bond acceptors (Lipinski definition) is 0. The average Bonchev–Trinajstić information content (AvgIpc) is 2.79. The molecule has 2 fully saturated rings. The summed E-state index contributed by atoms with van der Waals surface area (Å²) < 4.78 is 0. The van der Waals surface area contributed by atoms with Gasteiger partial charge < -0.3 is 0 Å². The summed E-state index contributed by atoms with van der Waals surface area (Å²) in [6, 6.07) is 9.13. The van der Waals surface area contributed by atoms with E-state index in [-0.39, 0.29) is 0 Å². The summed E-state index contributed by atoms with van der Waals surface area (Å²) in [4.78, 5) is 0. The number of rotatable bonds is 8. The van der Waals surface area contributed by atoms with Crippen LogP contribution >= 0.6 is 0 Å². The van der Waals surface area contributed by atoms with Crippen LogP contribution in [0, 0.1) is 29.6 Å². The molecule has 0 bridgehead atoms. The van der Waals surface area contributed by atoms with Gasteiger partial charge in [-0.25, -0.2) is 0 Å². The molecule has 0 aromatic heterocycles. The van der Waals surface area contributed by atoms with Crippen molar-refractivity contribution >= 4 is 0 Å². The zero-order chi connectivity index (χ0) is 21.0. The van der Waals surface area contributed by atoms with Crippen molar-refractivity contribution in [1.29, 1.82) is 0 Å². The van der Waals surface area contributed by atoms with E-state index in [1.807, 2.05) is 0 Å². The van der Waals surface area contributed by atoms with Crippen molar-refractivity contribution in [2.24, 2.45) is 17.8 Å². The quantitative estimate of drug-likeness (QED) is 0.299. The fourth-order valence-corrected chi connectivity index (χ4v) is 5.69. The third-order valence-electron chi connectivity index (χ3n) is 7.70. The van der Waals surface area contributed by atoms with E-state index in [2.05, 4.69) is 62.1 Å². The summed E-state index contributed by atoms with van der Waals surface area (Å²) in [6.45, 7) is 4.62. The maximum atomic E-state index is 3.34. The Kier molecular flexibility index (Phi) is 10.1. The monoisotopic (exact) mass is 404 g/mol. The molecule has 2 saturated carbocycles. The van der Waals surface area contributed by atoms with Gasteiger partial charge in [-0.2, -0.15) is 0 Å². The van der Waals surface area contributed by atoms with Crippen LogP contribution in [-0.2, 0) is 0 Å². The van der Waals surface area contributed by atoms with Crippen LogP contribution in [0.2, 0.25) is 0 Å². The molecule has 0 aliphatic heterocycles. The highest BCUT2D eigenvalue weighted by Gasteiger charge is 2.21. The van der Waals surface area contributed by atoms with Gasteiger partial charge in [-0.15, -0.1) is 0 Å². The second-order valence-corrected chi connectivity index (χ2v) is 10.0. The number of benzene rings is 1. The van der Waals surface area contributed by atoms with E-state index in [0.29, 0.717) is 0 Å². The van der Waals surface area contributed by atoms with Crippen molar-refractivity contribution < 1.29 is 0 Å². The Labute approximate surface area is 186 Å². The van der Waals surface area contributed by atoms with Gasteiger partial charge in [0.15, 0.2) is 0 Å². The van der Waals surface area contributed by atoms with Gasteiger partial charge in [-0.05, 0) is 98.8 Å². The van der Waals surface area contributed by atoms with Crippen LogP contribution in [0.4, 0.5) is 0 Å². The highest BCUT2D eigenvalue weighted by Crippen LogP contribution is 2.37. The Morgan fingerprint density at radius 2 is 1.43 bits per heavy atom. The fraction of sp³-hybridized carbons (Fsp3) is 0.667. The molecular formula is C30H44. The van der Waals surface area contributed by atoms with Gasteiger partial charge in [0.25, 0.3) is 0 Å². The zero-order valence-corrected chi connectivity index (χ0v) is 19.7. The molecule has 0 unspecified atom stereocenters. The van der Waals surface area contributed by atoms with Gasteiger partial charge in [0.2, 0.25) is 0 Å². The first kappa shape index (κ1) is 23.2. The van der Waals surface area contributed by atoms with E-state index in [0.717, 1.165) is 29.2 Å². The maximum Gasteiger partial charge on any atom is 0.0249 e. The summed E-state index contributed by atoms with van der Waals surface area (Å²) in [6.07, 6.45) is 24.1. The molecule has 0 saturated heterocycles. The Bertz CT molecular complexity index is 667. The minimum absolute atomic E-state index is 0.756. The molecule has 0 amide bonds. The molecule has 1 aromatic rings. The predicted octanol–water partition coefficient (Wildman–Crippen LogP) is 9.05. The minimum atomic E-state index is 0.756. The number of unbranched alkanes of at least 4 members (excludes halogenated alkanes) is 2. The summed E-state index contributed by atoms with van der Waals surface area (Å²) >= 11 is 0. The Morgan fingerprint density at radius 1 is 0.767 bits per heavy atom. The van der Waals surface area contributed by atoms with Gasteiger partial charge in [0.05, 0.1) is 0 Å². The van der Waals surface area contributed by atoms with Gasteiger partial charge in [-0.3, -0.25) is 0 Å². The highest BCUT2D eigenvalue weighted by molar-refractivity contribution is 5.39. The second kappa shape index (κ2) is 13.0. The molecule has 2 aliphatic carbocycles. The predicted molar refractivity (Wildman–Crippen MR) is 132 cm³/mol. The number of allylic oxidation sites excluding steroid dienone is 2. The molecule has 164 valence electrons. The Balaban J connectivity index is 1.39. The molecule has 30 heavy (non-hydrogen) atoms. The van der Waals surface area contributed by atoms with E-state index >= 15 is 0 Å². The lowest BCUT2D eigenvalue weighted by molar-refractivity contribution is 0.289. The Hall–Kier alpha value is -1.48. The van der Waals surface area contributed by atoms with Gasteiger partial charge in [0.1, 0.15) is 0 Å². The summed E-state index contributed by atoms with van der Waals surface area (Å²) in [5, 5.41) is 0. The summed E-state index contributed by atoms with van der Waals surface area (Å²) in [5.74, 6) is 10.1. The molecule has 0 spiro atoms. The van der Waals surface area contributed by atoms with Crippen molar-refractivity contribution in [2.45, 2.75) is 110 Å². The molecule has 0 heteroatoms. The van der Waals surface area contributed by atoms with Crippen LogP contribution in [0.25, 0.3) is 0 Å². The zero-order valence-electron chi connectivity index (χ0n) is 19.7. The van der Waals surface area contributed by atoms with Crippen LogP contribution in [0.5, 0.6) is 0 Å². The first-order chi connectivity index (χ1) is 14.8. The van der Waals surface area contributed by atoms with E-state index in [1.165, 1.54) is 95.5 Å². The fourth-order valence-electron chi connectivity index (χ4n) is 5.69. The Morgan fingerprint density at radius 3 is 2.10 bits per heavy atom. The van der Waals surface area contributed by atoms with E-state index in [4.69, 9.17) is 0 Å². The molecule has 1 aromatic carbocycles.